The predicted molar refractivity (Wildman–Crippen MR) is 91.6 cm³/mol. The molecule has 0 saturated carbocycles. The molecule has 2 rings (SSSR count). The van der Waals surface area contributed by atoms with E-state index in [1.807, 2.05) is 16.7 Å². The lowest BCUT2D eigenvalue weighted by Gasteiger charge is -2.15. The molecule has 0 spiro atoms. The van der Waals surface area contributed by atoms with Crippen molar-refractivity contribution in [3.05, 3.63) is 27.1 Å². The van der Waals surface area contributed by atoms with Crippen LogP contribution >= 0.6 is 34.2 Å². The van der Waals surface area contributed by atoms with Crippen molar-refractivity contribution in [1.29, 1.82) is 0 Å². The fraction of sp³-hybridized carbons (Fsp3) is 0.462. The number of aromatic nitrogens is 2. The van der Waals surface area contributed by atoms with E-state index in [0.717, 1.165) is 17.6 Å². The minimum absolute atomic E-state index is 0.519. The number of hydrogen-bond acceptors (Lipinski definition) is 2. The van der Waals surface area contributed by atoms with Crippen molar-refractivity contribution in [2.75, 3.05) is 6.61 Å². The minimum atomic E-state index is -1.03. The first-order valence-corrected chi connectivity index (χ1v) is 11.4. The third-order valence-corrected chi connectivity index (χ3v) is 5.64. The minimum Gasteiger partial charge on any atom is -0.361 e. The molecule has 0 aromatic carbocycles. The second-order valence-corrected chi connectivity index (χ2v) is 13.0. The Morgan fingerprint density at radius 2 is 2.11 bits per heavy atom. The average Bonchev–Trinajstić information content (AvgIpc) is 2.60. The summed E-state index contributed by atoms with van der Waals surface area (Å²) in [5, 5.41) is 1.64. The van der Waals surface area contributed by atoms with Crippen LogP contribution in [0.2, 0.25) is 30.8 Å². The molecule has 104 valence electrons. The topological polar surface area (TPSA) is 27.1 Å². The number of hydrogen-bond donors (Lipinski definition) is 0. The van der Waals surface area contributed by atoms with Gasteiger partial charge in [-0.05, 0) is 40.8 Å². The van der Waals surface area contributed by atoms with Crippen LogP contribution in [-0.2, 0) is 11.5 Å². The number of halogens is 2. The Hall–Kier alpha value is -0.113. The molecule has 0 N–H and O–H groups in total. The quantitative estimate of drug-likeness (QED) is 0.313. The van der Waals surface area contributed by atoms with Crippen molar-refractivity contribution >= 4 is 53.3 Å². The molecule has 0 bridgehead atoms. The molecule has 0 aliphatic heterocycles. The molecule has 19 heavy (non-hydrogen) atoms. The Balaban J connectivity index is 2.07. The fourth-order valence-corrected chi connectivity index (χ4v) is 3.39. The molecule has 2 aromatic rings. The summed E-state index contributed by atoms with van der Waals surface area (Å²) in [6.45, 7) is 8.41. The number of pyridine rings is 1. The van der Waals surface area contributed by atoms with Crippen LogP contribution in [0.1, 0.15) is 0 Å². The van der Waals surface area contributed by atoms with Gasteiger partial charge in [0, 0.05) is 29.8 Å². The second kappa shape index (κ2) is 6.11. The summed E-state index contributed by atoms with van der Waals surface area (Å²) >= 11 is 8.27. The molecule has 2 heterocycles. The summed E-state index contributed by atoms with van der Waals surface area (Å²) in [5.41, 5.74) is 0.893. The Labute approximate surface area is 133 Å². The Kier molecular flexibility index (Phi) is 4.92. The molecular formula is C13H18ClIN2OSi. The molecule has 0 aliphatic carbocycles. The van der Waals surface area contributed by atoms with Crippen molar-refractivity contribution in [3.63, 3.8) is 0 Å². The maximum absolute atomic E-state index is 5.96. The summed E-state index contributed by atoms with van der Waals surface area (Å²) in [7, 11) is -1.03. The van der Waals surface area contributed by atoms with E-state index in [2.05, 4.69) is 53.4 Å². The lowest BCUT2D eigenvalue weighted by Crippen LogP contribution is -2.22. The highest BCUT2D eigenvalue weighted by Gasteiger charge is 2.13. The van der Waals surface area contributed by atoms with Crippen LogP contribution in [0, 0.1) is 3.57 Å². The van der Waals surface area contributed by atoms with Gasteiger partial charge >= 0.3 is 0 Å². The maximum atomic E-state index is 5.96. The molecule has 0 amide bonds. The average molecular weight is 409 g/mol. The molecular weight excluding hydrogens is 391 g/mol. The monoisotopic (exact) mass is 408 g/mol. The van der Waals surface area contributed by atoms with Crippen LogP contribution in [-0.4, -0.2) is 24.2 Å². The molecule has 6 heteroatoms. The van der Waals surface area contributed by atoms with E-state index in [0.29, 0.717) is 11.9 Å². The van der Waals surface area contributed by atoms with Gasteiger partial charge in [-0.25, -0.2) is 4.98 Å². The summed E-state index contributed by atoms with van der Waals surface area (Å²) in [6.07, 6.45) is 2.06. The summed E-state index contributed by atoms with van der Waals surface area (Å²) in [5.74, 6) is 0. The van der Waals surface area contributed by atoms with Gasteiger partial charge in [0.05, 0.1) is 0 Å². The van der Waals surface area contributed by atoms with Gasteiger partial charge in [-0.1, -0.05) is 31.2 Å². The van der Waals surface area contributed by atoms with Gasteiger partial charge in [0.15, 0.2) is 0 Å². The van der Waals surface area contributed by atoms with Crippen LogP contribution in [0.5, 0.6) is 0 Å². The van der Waals surface area contributed by atoms with E-state index in [-0.39, 0.29) is 0 Å². The largest absolute Gasteiger partial charge is 0.361 e. The van der Waals surface area contributed by atoms with Crippen molar-refractivity contribution in [3.8, 4) is 0 Å². The van der Waals surface area contributed by atoms with Gasteiger partial charge in [0.25, 0.3) is 0 Å². The molecule has 0 atom stereocenters. The van der Waals surface area contributed by atoms with Crippen LogP contribution in [0.4, 0.5) is 0 Å². The van der Waals surface area contributed by atoms with Gasteiger partial charge in [0.1, 0.15) is 17.5 Å². The van der Waals surface area contributed by atoms with Gasteiger partial charge in [-0.15, -0.1) is 0 Å². The molecule has 0 aliphatic rings. The highest BCUT2D eigenvalue weighted by atomic mass is 127. The highest BCUT2D eigenvalue weighted by molar-refractivity contribution is 14.1. The lowest BCUT2D eigenvalue weighted by molar-refractivity contribution is 0.0898. The lowest BCUT2D eigenvalue weighted by atomic mass is 10.3. The van der Waals surface area contributed by atoms with Crippen LogP contribution in [0.15, 0.2) is 18.3 Å². The van der Waals surface area contributed by atoms with E-state index in [4.69, 9.17) is 16.3 Å². The molecule has 2 aromatic heterocycles. The summed E-state index contributed by atoms with van der Waals surface area (Å²) in [4.78, 5) is 4.38. The normalized spacial score (nSPS) is 12.3. The van der Waals surface area contributed by atoms with E-state index >= 15 is 0 Å². The zero-order valence-electron chi connectivity index (χ0n) is 11.4. The molecule has 0 radical (unpaired) electrons. The maximum Gasteiger partial charge on any atom is 0.144 e. The van der Waals surface area contributed by atoms with Gasteiger partial charge in [-0.3, -0.25) is 0 Å². The van der Waals surface area contributed by atoms with Crippen LogP contribution in [0.3, 0.4) is 0 Å². The smallest absolute Gasteiger partial charge is 0.144 e. The van der Waals surface area contributed by atoms with E-state index in [9.17, 15) is 0 Å². The summed E-state index contributed by atoms with van der Waals surface area (Å²) in [6, 6.07) is 5.00. The number of ether oxygens (including phenoxy) is 1. The molecule has 0 fully saturated rings. The molecule has 0 unspecified atom stereocenters. The molecule has 3 nitrogen and oxygen atoms in total. The number of rotatable bonds is 5. The zero-order chi connectivity index (χ0) is 14.0. The van der Waals surface area contributed by atoms with E-state index in [1.54, 1.807) is 0 Å². The summed E-state index contributed by atoms with van der Waals surface area (Å²) < 4.78 is 8.96. The number of nitrogens with zero attached hydrogens (tertiary/aromatic N) is 2. The standard InChI is InChI=1S/C13H18ClIN2OSi/c1-19(2,3)7-6-18-9-17-8-11(15)10-4-5-12(14)16-13(10)17/h4-5,8H,6-7,9H2,1-3H3. The SMILES string of the molecule is C[Si](C)(C)CCOCn1cc(I)c2ccc(Cl)nc21. The van der Waals surface area contributed by atoms with Crippen LogP contribution < -0.4 is 0 Å². The van der Waals surface area contributed by atoms with Crippen molar-refractivity contribution in [2.45, 2.75) is 32.4 Å². The van der Waals surface area contributed by atoms with Crippen molar-refractivity contribution in [1.82, 2.24) is 9.55 Å². The third-order valence-electron chi connectivity index (χ3n) is 2.87. The highest BCUT2D eigenvalue weighted by Crippen LogP contribution is 2.23. The first kappa shape index (κ1) is 15.3. The Morgan fingerprint density at radius 1 is 1.37 bits per heavy atom. The Morgan fingerprint density at radius 3 is 2.79 bits per heavy atom. The van der Waals surface area contributed by atoms with Gasteiger partial charge in [-0.2, -0.15) is 0 Å². The third kappa shape index (κ3) is 4.17. The first-order chi connectivity index (χ1) is 8.87. The zero-order valence-corrected chi connectivity index (χ0v) is 15.3. The first-order valence-electron chi connectivity index (χ1n) is 6.25. The van der Waals surface area contributed by atoms with Gasteiger partial charge < -0.3 is 9.30 Å². The number of fused-ring (bicyclic) bond motifs is 1. The van der Waals surface area contributed by atoms with E-state index in [1.165, 1.54) is 9.61 Å². The second-order valence-electron chi connectivity index (χ2n) is 5.80. The van der Waals surface area contributed by atoms with E-state index < -0.39 is 8.07 Å². The van der Waals surface area contributed by atoms with Crippen LogP contribution in [0.25, 0.3) is 11.0 Å². The Bertz CT molecular complexity index is 580. The predicted octanol–water partition coefficient (Wildman–Crippen LogP) is 4.61. The fourth-order valence-electron chi connectivity index (χ4n) is 1.74. The van der Waals surface area contributed by atoms with Gasteiger partial charge in [0.2, 0.25) is 0 Å². The molecule has 0 saturated heterocycles. The van der Waals surface area contributed by atoms with Crippen molar-refractivity contribution in [2.24, 2.45) is 0 Å². The van der Waals surface area contributed by atoms with Crippen molar-refractivity contribution < 1.29 is 4.74 Å².